The highest BCUT2D eigenvalue weighted by molar-refractivity contribution is 6.26. The number of benzene rings is 2. The summed E-state index contributed by atoms with van der Waals surface area (Å²) in [5.74, 6) is 0.269. The fraction of sp³-hybridized carbons (Fsp3) is 0.400. The Morgan fingerprint density at radius 1 is 0.429 bits per heavy atom. The predicted octanol–water partition coefficient (Wildman–Crippen LogP) is 10.4. The zero-order chi connectivity index (χ0) is 31.2. The Kier molecular flexibility index (Phi) is 6.77. The van der Waals surface area contributed by atoms with E-state index in [1.54, 1.807) is 0 Å². The van der Waals surface area contributed by atoms with Gasteiger partial charge >= 0.3 is 0 Å². The highest BCUT2D eigenvalue weighted by atomic mass is 16.1. The van der Waals surface area contributed by atoms with Crippen molar-refractivity contribution in [2.24, 2.45) is 21.7 Å². The molecule has 0 radical (unpaired) electrons. The van der Waals surface area contributed by atoms with E-state index >= 15 is 0 Å². The molecule has 0 aromatic heterocycles. The van der Waals surface area contributed by atoms with Crippen molar-refractivity contribution in [3.63, 3.8) is 0 Å². The molecule has 0 N–H and O–H groups in total. The summed E-state index contributed by atoms with van der Waals surface area (Å²) in [6, 6.07) is 13.0. The molecule has 0 bridgehead atoms. The molecule has 0 aliphatic heterocycles. The van der Waals surface area contributed by atoms with Crippen molar-refractivity contribution in [2.45, 2.75) is 83.1 Å². The summed E-state index contributed by atoms with van der Waals surface area (Å²) < 4.78 is 0. The van der Waals surface area contributed by atoms with Crippen molar-refractivity contribution in [1.29, 1.82) is 0 Å². The lowest BCUT2D eigenvalue weighted by atomic mass is 9.70. The third kappa shape index (κ3) is 4.93. The minimum Gasteiger partial charge on any atom is -0.289 e. The van der Waals surface area contributed by atoms with Crippen LogP contribution < -0.4 is 0 Å². The average Bonchev–Trinajstić information content (AvgIpc) is 3.18. The van der Waals surface area contributed by atoms with E-state index in [0.29, 0.717) is 0 Å². The molecule has 2 heteroatoms. The fourth-order valence-corrected chi connectivity index (χ4v) is 6.40. The van der Waals surface area contributed by atoms with E-state index in [4.69, 9.17) is 0 Å². The minimum absolute atomic E-state index is 0.135. The van der Waals surface area contributed by atoms with Crippen LogP contribution in [0.1, 0.15) is 94.2 Å². The predicted molar refractivity (Wildman–Crippen MR) is 178 cm³/mol. The summed E-state index contributed by atoms with van der Waals surface area (Å²) >= 11 is 0. The summed E-state index contributed by atoms with van der Waals surface area (Å²) in [5.41, 5.74) is 8.84. The van der Waals surface area contributed by atoms with Crippen LogP contribution in [-0.2, 0) is 9.59 Å². The molecule has 3 aliphatic carbocycles. The van der Waals surface area contributed by atoms with Gasteiger partial charge in [-0.1, -0.05) is 119 Å². The van der Waals surface area contributed by atoms with E-state index in [2.05, 4.69) is 144 Å². The number of allylic oxidation sites excluding steroid dienone is 12. The van der Waals surface area contributed by atoms with Crippen LogP contribution in [0, 0.1) is 21.7 Å². The highest BCUT2D eigenvalue weighted by Crippen LogP contribution is 2.53. The van der Waals surface area contributed by atoms with Crippen LogP contribution in [0.5, 0.6) is 0 Å². The van der Waals surface area contributed by atoms with Crippen LogP contribution in [0.3, 0.4) is 0 Å². The molecule has 2 nitrogen and oxygen atoms in total. The molecule has 2 aromatic rings. The van der Waals surface area contributed by atoms with Gasteiger partial charge in [-0.25, -0.2) is 0 Å². The molecule has 0 saturated heterocycles. The van der Waals surface area contributed by atoms with E-state index in [9.17, 15) is 9.59 Å². The highest BCUT2D eigenvalue weighted by Gasteiger charge is 2.39. The summed E-state index contributed by atoms with van der Waals surface area (Å²) in [6.07, 6.45) is 8.54. The van der Waals surface area contributed by atoms with Crippen molar-refractivity contribution in [1.82, 2.24) is 0 Å². The van der Waals surface area contributed by atoms with E-state index < -0.39 is 0 Å². The van der Waals surface area contributed by atoms with Crippen LogP contribution in [0.4, 0.5) is 0 Å². The lowest BCUT2D eigenvalue weighted by Crippen LogP contribution is -2.28. The normalized spacial score (nSPS) is 18.5. The van der Waals surface area contributed by atoms with Gasteiger partial charge in [0.25, 0.3) is 0 Å². The van der Waals surface area contributed by atoms with Gasteiger partial charge in [0.2, 0.25) is 0 Å². The molecule has 0 saturated carbocycles. The summed E-state index contributed by atoms with van der Waals surface area (Å²) in [6.45, 7) is 25.5. The van der Waals surface area contributed by atoms with Crippen molar-refractivity contribution >= 4 is 33.5 Å². The summed E-state index contributed by atoms with van der Waals surface area (Å²) in [7, 11) is 0. The molecule has 218 valence electrons. The van der Waals surface area contributed by atoms with E-state index in [1.807, 2.05) is 0 Å². The number of Topliss-reactive ketones (excluding diaryl/α,β-unsaturated/α-hetero) is 2. The molecule has 3 aliphatic rings. The Morgan fingerprint density at radius 3 is 0.976 bits per heavy atom. The van der Waals surface area contributed by atoms with Gasteiger partial charge in [-0.05, 0) is 90.2 Å². The number of ketones is 2. The first kappa shape index (κ1) is 30.0. The molecule has 0 unspecified atom stereocenters. The molecule has 0 fully saturated rings. The molecule has 0 amide bonds. The number of carbonyl (C=O) groups excluding carboxylic acids is 2. The van der Waals surface area contributed by atoms with Crippen molar-refractivity contribution in [2.75, 3.05) is 0 Å². The first-order chi connectivity index (χ1) is 19.2. The van der Waals surface area contributed by atoms with Gasteiger partial charge in [0, 0.05) is 22.3 Å². The van der Waals surface area contributed by atoms with Crippen molar-refractivity contribution < 1.29 is 9.59 Å². The standard InChI is InChI=1S/C40H46O2/c1-37(2,3)28-19-24(20-29(35(28)41)38(4,5)6)33-26-17-13-15-23-16-14-18-27(32(23)26)34(33)25-21-30(39(7,8)9)36(42)31(22-25)40(10,11)12/h13-22H,1-12H3. The molecule has 0 spiro atoms. The quantitative estimate of drug-likeness (QED) is 0.322. The van der Waals surface area contributed by atoms with Gasteiger partial charge in [0.1, 0.15) is 0 Å². The van der Waals surface area contributed by atoms with Crippen LogP contribution in [0.25, 0.3) is 21.9 Å². The second-order valence-corrected chi connectivity index (χ2v) is 16.3. The lowest BCUT2D eigenvalue weighted by Gasteiger charge is -2.33. The van der Waals surface area contributed by atoms with Crippen LogP contribution in [0.15, 0.2) is 94.1 Å². The van der Waals surface area contributed by atoms with Gasteiger partial charge in [-0.2, -0.15) is 0 Å². The molecule has 42 heavy (non-hydrogen) atoms. The molecule has 5 rings (SSSR count). The maximum absolute atomic E-state index is 13.9. The first-order valence-corrected chi connectivity index (χ1v) is 15.2. The van der Waals surface area contributed by atoms with Gasteiger partial charge in [0.05, 0.1) is 0 Å². The van der Waals surface area contributed by atoms with E-state index in [0.717, 1.165) is 44.6 Å². The molecule has 0 heterocycles. The van der Waals surface area contributed by atoms with E-state index in [1.165, 1.54) is 21.9 Å². The van der Waals surface area contributed by atoms with Crippen molar-refractivity contribution in [3.05, 3.63) is 105 Å². The number of hydrogen-bond acceptors (Lipinski definition) is 2. The maximum atomic E-state index is 13.9. The average molecular weight is 559 g/mol. The first-order valence-electron chi connectivity index (χ1n) is 15.2. The number of rotatable bonds is 0. The van der Waals surface area contributed by atoms with Gasteiger partial charge in [0.15, 0.2) is 11.6 Å². The maximum Gasteiger partial charge on any atom is 0.186 e. The second kappa shape index (κ2) is 9.49. The van der Waals surface area contributed by atoms with Crippen LogP contribution in [0.2, 0.25) is 0 Å². The Morgan fingerprint density at radius 2 is 0.714 bits per heavy atom. The van der Waals surface area contributed by atoms with Gasteiger partial charge < -0.3 is 0 Å². The number of hydrogen-bond donors (Lipinski definition) is 0. The molecule has 0 atom stereocenters. The van der Waals surface area contributed by atoms with Gasteiger partial charge in [-0.3, -0.25) is 9.59 Å². The zero-order valence-electron chi connectivity index (χ0n) is 27.6. The third-order valence-corrected chi connectivity index (χ3v) is 8.68. The van der Waals surface area contributed by atoms with Crippen molar-refractivity contribution in [3.8, 4) is 0 Å². The Hall–Kier alpha value is -3.52. The lowest BCUT2D eigenvalue weighted by molar-refractivity contribution is -0.114. The topological polar surface area (TPSA) is 34.1 Å². The smallest absolute Gasteiger partial charge is 0.186 e. The zero-order valence-corrected chi connectivity index (χ0v) is 27.6. The largest absolute Gasteiger partial charge is 0.289 e. The van der Waals surface area contributed by atoms with Crippen LogP contribution in [-0.4, -0.2) is 11.6 Å². The Bertz CT molecular complexity index is 1550. The molecule has 2 aromatic carbocycles. The minimum atomic E-state index is -0.311. The van der Waals surface area contributed by atoms with Gasteiger partial charge in [-0.15, -0.1) is 0 Å². The summed E-state index contributed by atoms with van der Waals surface area (Å²) in [5, 5.41) is 2.42. The molecular weight excluding hydrogens is 512 g/mol. The third-order valence-electron chi connectivity index (χ3n) is 8.68. The Labute approximate surface area is 252 Å². The second-order valence-electron chi connectivity index (χ2n) is 16.3. The van der Waals surface area contributed by atoms with Crippen LogP contribution >= 0.6 is 0 Å². The monoisotopic (exact) mass is 558 g/mol. The van der Waals surface area contributed by atoms with E-state index in [-0.39, 0.29) is 33.2 Å². The molecular formula is C40H46O2. The SMILES string of the molecule is CC(C)(C)C1=CC(=C2C(=C3C=C(C(C)(C)C)C(=O)C(C(C)(C)C)=C3)c3cccc4cccc2c34)C=C(C(C)(C)C)C1=O. The fourth-order valence-electron chi connectivity index (χ4n) is 6.40. The number of carbonyl (C=O) groups is 2. The Balaban J connectivity index is 2.00. The summed E-state index contributed by atoms with van der Waals surface area (Å²) in [4.78, 5) is 27.8.